The molecule has 2 unspecified atom stereocenters. The van der Waals surface area contributed by atoms with Crippen LogP contribution in [0.25, 0.3) is 11.3 Å². The number of nitrogens with zero attached hydrogens (tertiary/aromatic N) is 2. The molecular formula is C18H17ClN2O4. The molecule has 2 heterocycles. The van der Waals surface area contributed by atoms with Crippen molar-refractivity contribution in [1.82, 2.24) is 9.88 Å². The number of methoxy groups -OCH3 is 1. The number of likely N-dealkylation sites (tertiary alicyclic amines) is 1. The number of carbonyl (C=O) groups is 2. The normalized spacial score (nSPS) is 19.8. The zero-order valence-corrected chi connectivity index (χ0v) is 14.3. The van der Waals surface area contributed by atoms with E-state index in [0.717, 1.165) is 5.56 Å². The van der Waals surface area contributed by atoms with E-state index in [1.807, 2.05) is 12.1 Å². The standard InChI is InChI=1S/C18H17ClN2O4/c1-25-12-9-16(18(23)24)21(10-12)17(22)13-8-11(5-6-14(13)19)15-4-2-3-7-20-15/h2-8,12,16H,9-10H2,1H3,(H,23,24). The van der Waals surface area contributed by atoms with Gasteiger partial charge in [0.05, 0.1) is 22.4 Å². The van der Waals surface area contributed by atoms with E-state index in [4.69, 9.17) is 16.3 Å². The monoisotopic (exact) mass is 360 g/mol. The van der Waals surface area contributed by atoms with Crippen LogP contribution in [0.4, 0.5) is 0 Å². The second kappa shape index (κ2) is 7.21. The molecule has 130 valence electrons. The second-order valence-electron chi connectivity index (χ2n) is 5.81. The molecule has 0 radical (unpaired) electrons. The number of amides is 1. The average molecular weight is 361 g/mol. The van der Waals surface area contributed by atoms with Crippen molar-refractivity contribution in [2.24, 2.45) is 0 Å². The molecule has 0 saturated carbocycles. The first-order chi connectivity index (χ1) is 12.0. The molecule has 0 spiro atoms. The van der Waals surface area contributed by atoms with E-state index < -0.39 is 17.9 Å². The fourth-order valence-electron chi connectivity index (χ4n) is 2.96. The Balaban J connectivity index is 1.95. The molecule has 1 aromatic carbocycles. The Labute approximate surface area is 150 Å². The summed E-state index contributed by atoms with van der Waals surface area (Å²) in [7, 11) is 1.51. The van der Waals surface area contributed by atoms with Gasteiger partial charge in [-0.15, -0.1) is 0 Å². The lowest BCUT2D eigenvalue weighted by Gasteiger charge is -2.22. The Morgan fingerprint density at radius 1 is 1.32 bits per heavy atom. The zero-order chi connectivity index (χ0) is 18.0. The molecule has 7 heteroatoms. The summed E-state index contributed by atoms with van der Waals surface area (Å²) in [5, 5.41) is 9.68. The number of rotatable bonds is 4. The predicted molar refractivity (Wildman–Crippen MR) is 92.6 cm³/mol. The van der Waals surface area contributed by atoms with Crippen molar-refractivity contribution in [3.05, 3.63) is 53.2 Å². The number of hydrogen-bond acceptors (Lipinski definition) is 4. The van der Waals surface area contributed by atoms with E-state index in [1.165, 1.54) is 12.0 Å². The number of hydrogen-bond donors (Lipinski definition) is 1. The lowest BCUT2D eigenvalue weighted by atomic mass is 10.1. The Morgan fingerprint density at radius 2 is 2.12 bits per heavy atom. The molecule has 1 aliphatic rings. The van der Waals surface area contributed by atoms with Crippen molar-refractivity contribution < 1.29 is 19.4 Å². The molecule has 1 aliphatic heterocycles. The maximum atomic E-state index is 12.9. The number of carbonyl (C=O) groups excluding carboxylic acids is 1. The topological polar surface area (TPSA) is 79.7 Å². The largest absolute Gasteiger partial charge is 0.480 e. The van der Waals surface area contributed by atoms with Crippen LogP contribution in [0.1, 0.15) is 16.8 Å². The Morgan fingerprint density at radius 3 is 2.76 bits per heavy atom. The fourth-order valence-corrected chi connectivity index (χ4v) is 3.16. The van der Waals surface area contributed by atoms with Gasteiger partial charge in [-0.1, -0.05) is 23.7 Å². The Bertz CT molecular complexity index is 797. The minimum absolute atomic E-state index is 0.219. The number of benzene rings is 1. The minimum Gasteiger partial charge on any atom is -0.480 e. The summed E-state index contributed by atoms with van der Waals surface area (Å²) in [5.74, 6) is -1.47. The van der Waals surface area contributed by atoms with E-state index in [9.17, 15) is 14.7 Å². The smallest absolute Gasteiger partial charge is 0.326 e. The van der Waals surface area contributed by atoms with Crippen molar-refractivity contribution >= 4 is 23.5 Å². The van der Waals surface area contributed by atoms with E-state index >= 15 is 0 Å². The van der Waals surface area contributed by atoms with Crippen molar-refractivity contribution in [3.8, 4) is 11.3 Å². The van der Waals surface area contributed by atoms with Gasteiger partial charge in [0.1, 0.15) is 6.04 Å². The van der Waals surface area contributed by atoms with Crippen molar-refractivity contribution in [1.29, 1.82) is 0 Å². The van der Waals surface area contributed by atoms with Gasteiger partial charge in [0.25, 0.3) is 5.91 Å². The summed E-state index contributed by atoms with van der Waals surface area (Å²) in [6.45, 7) is 0.219. The van der Waals surface area contributed by atoms with Gasteiger partial charge in [-0.25, -0.2) is 4.79 Å². The fraction of sp³-hybridized carbons (Fsp3) is 0.278. The molecule has 1 amide bonds. The van der Waals surface area contributed by atoms with Gasteiger partial charge in [0.15, 0.2) is 0 Å². The third-order valence-electron chi connectivity index (χ3n) is 4.30. The molecule has 1 fully saturated rings. The number of ether oxygens (including phenoxy) is 1. The summed E-state index contributed by atoms with van der Waals surface area (Å²) < 4.78 is 5.23. The molecule has 1 N–H and O–H groups in total. The van der Waals surface area contributed by atoms with Gasteiger partial charge in [-0.3, -0.25) is 9.78 Å². The first-order valence-electron chi connectivity index (χ1n) is 7.78. The van der Waals surface area contributed by atoms with Crippen LogP contribution >= 0.6 is 11.6 Å². The minimum atomic E-state index is -1.05. The van der Waals surface area contributed by atoms with Crippen LogP contribution < -0.4 is 0 Å². The maximum Gasteiger partial charge on any atom is 0.326 e. The first kappa shape index (κ1) is 17.4. The first-order valence-corrected chi connectivity index (χ1v) is 8.16. The van der Waals surface area contributed by atoms with E-state index in [1.54, 1.807) is 30.5 Å². The number of carboxylic acid groups (broad SMARTS) is 1. The summed E-state index contributed by atoms with van der Waals surface area (Å²) in [4.78, 5) is 30.0. The zero-order valence-electron chi connectivity index (χ0n) is 13.6. The highest BCUT2D eigenvalue weighted by Crippen LogP contribution is 2.28. The van der Waals surface area contributed by atoms with E-state index in [2.05, 4.69) is 4.98 Å². The second-order valence-corrected chi connectivity index (χ2v) is 6.22. The Hall–Kier alpha value is -2.44. The summed E-state index contributed by atoms with van der Waals surface area (Å²) in [5.41, 5.74) is 1.70. The highest BCUT2D eigenvalue weighted by molar-refractivity contribution is 6.34. The molecule has 25 heavy (non-hydrogen) atoms. The number of carboxylic acids is 1. The van der Waals surface area contributed by atoms with Gasteiger partial charge < -0.3 is 14.7 Å². The predicted octanol–water partition coefficient (Wildman–Crippen LogP) is 2.72. The Kier molecular flexibility index (Phi) is 5.01. The molecular weight excluding hydrogens is 344 g/mol. The quantitative estimate of drug-likeness (QED) is 0.906. The number of aliphatic carboxylic acids is 1. The SMILES string of the molecule is COC1CC(C(=O)O)N(C(=O)c2cc(-c3ccccn3)ccc2Cl)C1. The lowest BCUT2D eigenvalue weighted by Crippen LogP contribution is -2.40. The molecule has 1 aromatic heterocycles. The van der Waals surface area contributed by atoms with Crippen LogP contribution in [0.15, 0.2) is 42.6 Å². The van der Waals surface area contributed by atoms with Gasteiger partial charge in [-0.2, -0.15) is 0 Å². The molecule has 6 nitrogen and oxygen atoms in total. The molecule has 2 aromatic rings. The molecule has 0 aliphatic carbocycles. The highest BCUT2D eigenvalue weighted by atomic mass is 35.5. The summed E-state index contributed by atoms with van der Waals surface area (Å²) >= 11 is 6.21. The van der Waals surface area contributed by atoms with Crippen molar-refractivity contribution in [2.45, 2.75) is 18.6 Å². The summed E-state index contributed by atoms with van der Waals surface area (Å²) in [6, 6.07) is 9.60. The van der Waals surface area contributed by atoms with Gasteiger partial charge >= 0.3 is 5.97 Å². The maximum absolute atomic E-state index is 12.9. The number of halogens is 1. The van der Waals surface area contributed by atoms with Crippen LogP contribution in [-0.2, 0) is 9.53 Å². The summed E-state index contributed by atoms with van der Waals surface area (Å²) in [6.07, 6.45) is 1.62. The number of aromatic nitrogens is 1. The van der Waals surface area contributed by atoms with E-state index in [-0.39, 0.29) is 29.7 Å². The number of pyridine rings is 1. The van der Waals surface area contributed by atoms with Crippen molar-refractivity contribution in [3.63, 3.8) is 0 Å². The van der Waals surface area contributed by atoms with Crippen LogP contribution in [0.2, 0.25) is 5.02 Å². The van der Waals surface area contributed by atoms with Gasteiger partial charge in [0.2, 0.25) is 0 Å². The van der Waals surface area contributed by atoms with Gasteiger partial charge in [-0.05, 0) is 24.3 Å². The van der Waals surface area contributed by atoms with Crippen LogP contribution in [-0.4, -0.2) is 52.7 Å². The third kappa shape index (κ3) is 3.50. The molecule has 1 saturated heterocycles. The van der Waals surface area contributed by atoms with E-state index in [0.29, 0.717) is 5.69 Å². The lowest BCUT2D eigenvalue weighted by molar-refractivity contribution is -0.141. The van der Waals surface area contributed by atoms with Crippen LogP contribution in [0, 0.1) is 0 Å². The highest BCUT2D eigenvalue weighted by Gasteiger charge is 2.40. The molecule has 0 bridgehead atoms. The van der Waals surface area contributed by atoms with Crippen LogP contribution in [0.3, 0.4) is 0 Å². The van der Waals surface area contributed by atoms with Crippen LogP contribution in [0.5, 0.6) is 0 Å². The molecule has 2 atom stereocenters. The molecule has 3 rings (SSSR count). The van der Waals surface area contributed by atoms with Crippen molar-refractivity contribution in [2.75, 3.05) is 13.7 Å². The third-order valence-corrected chi connectivity index (χ3v) is 4.63. The van der Waals surface area contributed by atoms with Gasteiger partial charge in [0, 0.05) is 31.8 Å². The average Bonchev–Trinajstić information content (AvgIpc) is 3.07.